The summed E-state index contributed by atoms with van der Waals surface area (Å²) in [4.78, 5) is 17.7. The van der Waals surface area contributed by atoms with Gasteiger partial charge in [-0.2, -0.15) is 5.26 Å². The van der Waals surface area contributed by atoms with E-state index in [0.717, 1.165) is 24.3 Å². The molecule has 3 rings (SSSR count). The number of rotatable bonds is 2. The molecule has 0 radical (unpaired) electrons. The molecule has 2 heterocycles. The van der Waals surface area contributed by atoms with Gasteiger partial charge in [-0.3, -0.25) is 4.79 Å². The van der Waals surface area contributed by atoms with Crippen LogP contribution in [0.15, 0.2) is 29.1 Å². The third-order valence-corrected chi connectivity index (χ3v) is 3.86. The number of aromatic amines is 1. The molecule has 0 atom stereocenters. The number of aromatic nitrogens is 1. The molecule has 0 spiro atoms. The summed E-state index contributed by atoms with van der Waals surface area (Å²) >= 11 is 0. The SMILES string of the molecule is N#CCc1cc(=O)c2cc(N3CCCCC3)ccc2[nH]1. The third-order valence-electron chi connectivity index (χ3n) is 3.86. The van der Waals surface area contributed by atoms with Crippen molar-refractivity contribution in [2.45, 2.75) is 25.7 Å². The van der Waals surface area contributed by atoms with Crippen molar-refractivity contribution in [3.8, 4) is 6.07 Å². The van der Waals surface area contributed by atoms with Crippen molar-refractivity contribution < 1.29 is 0 Å². The average molecular weight is 267 g/mol. The van der Waals surface area contributed by atoms with Crippen LogP contribution in [0.3, 0.4) is 0 Å². The maximum absolute atomic E-state index is 12.2. The first-order chi connectivity index (χ1) is 9.78. The molecule has 0 bridgehead atoms. The summed E-state index contributed by atoms with van der Waals surface area (Å²) in [5.41, 5.74) is 2.60. The number of piperidine rings is 1. The summed E-state index contributed by atoms with van der Waals surface area (Å²) in [6.07, 6.45) is 3.96. The summed E-state index contributed by atoms with van der Waals surface area (Å²) < 4.78 is 0. The van der Waals surface area contributed by atoms with Crippen LogP contribution in [0.1, 0.15) is 25.0 Å². The highest BCUT2D eigenvalue weighted by molar-refractivity contribution is 5.82. The number of hydrogen-bond donors (Lipinski definition) is 1. The van der Waals surface area contributed by atoms with E-state index in [1.807, 2.05) is 12.1 Å². The van der Waals surface area contributed by atoms with Crippen LogP contribution < -0.4 is 10.3 Å². The van der Waals surface area contributed by atoms with E-state index < -0.39 is 0 Å². The first-order valence-corrected chi connectivity index (χ1v) is 7.06. The minimum atomic E-state index is -0.0112. The lowest BCUT2D eigenvalue weighted by molar-refractivity contribution is 0.578. The van der Waals surface area contributed by atoms with E-state index in [4.69, 9.17) is 5.26 Å². The number of hydrogen-bond acceptors (Lipinski definition) is 3. The van der Waals surface area contributed by atoms with E-state index in [1.165, 1.54) is 25.3 Å². The Morgan fingerprint density at radius 2 is 2.00 bits per heavy atom. The molecule has 1 aliphatic heterocycles. The highest BCUT2D eigenvalue weighted by Crippen LogP contribution is 2.22. The molecule has 1 fully saturated rings. The second-order valence-electron chi connectivity index (χ2n) is 5.27. The minimum Gasteiger partial charge on any atom is -0.372 e. The Morgan fingerprint density at radius 1 is 1.20 bits per heavy atom. The van der Waals surface area contributed by atoms with E-state index in [2.05, 4.69) is 22.0 Å². The fourth-order valence-corrected chi connectivity index (χ4v) is 2.82. The number of nitrogens with zero attached hydrogens (tertiary/aromatic N) is 2. The van der Waals surface area contributed by atoms with Gasteiger partial charge in [-0.05, 0) is 37.5 Å². The standard InChI is InChI=1S/C16H17N3O/c17-7-6-12-10-16(20)14-11-13(4-5-15(14)18-12)19-8-2-1-3-9-19/h4-5,10-11H,1-3,6,8-9H2,(H,18,20). The van der Waals surface area contributed by atoms with E-state index in [-0.39, 0.29) is 11.8 Å². The predicted octanol–water partition coefficient (Wildman–Crippen LogP) is 2.58. The molecule has 2 aromatic rings. The Bertz CT molecular complexity index is 721. The molecule has 0 amide bonds. The van der Waals surface area contributed by atoms with Crippen LogP contribution in [0.4, 0.5) is 5.69 Å². The first-order valence-electron chi connectivity index (χ1n) is 7.06. The van der Waals surface area contributed by atoms with Crippen LogP contribution in [-0.4, -0.2) is 18.1 Å². The Labute approximate surface area is 117 Å². The molecule has 0 aliphatic carbocycles. The van der Waals surface area contributed by atoms with Gasteiger partial charge in [0, 0.05) is 41.4 Å². The summed E-state index contributed by atoms with van der Waals surface area (Å²) in [7, 11) is 0. The molecule has 4 nitrogen and oxygen atoms in total. The number of fused-ring (bicyclic) bond motifs is 1. The van der Waals surface area contributed by atoms with Crippen LogP contribution in [0.2, 0.25) is 0 Å². The van der Waals surface area contributed by atoms with Crippen LogP contribution in [0.25, 0.3) is 10.9 Å². The highest BCUT2D eigenvalue weighted by Gasteiger charge is 2.12. The smallest absolute Gasteiger partial charge is 0.189 e. The lowest BCUT2D eigenvalue weighted by Crippen LogP contribution is -2.29. The molecule has 1 saturated heterocycles. The molecular weight excluding hydrogens is 250 g/mol. The molecule has 0 unspecified atom stereocenters. The van der Waals surface area contributed by atoms with Gasteiger partial charge >= 0.3 is 0 Å². The molecule has 0 saturated carbocycles. The molecular formula is C16H17N3O. The number of benzene rings is 1. The van der Waals surface area contributed by atoms with Crippen LogP contribution in [0, 0.1) is 11.3 Å². The molecule has 1 aromatic carbocycles. The van der Waals surface area contributed by atoms with Gasteiger partial charge in [0.1, 0.15) is 0 Å². The fraction of sp³-hybridized carbons (Fsp3) is 0.375. The normalized spacial score (nSPS) is 15.2. The zero-order valence-electron chi connectivity index (χ0n) is 11.4. The predicted molar refractivity (Wildman–Crippen MR) is 79.9 cm³/mol. The van der Waals surface area contributed by atoms with Crippen LogP contribution in [0.5, 0.6) is 0 Å². The Morgan fingerprint density at radius 3 is 2.75 bits per heavy atom. The number of nitrogens with one attached hydrogen (secondary N) is 1. The topological polar surface area (TPSA) is 59.9 Å². The van der Waals surface area contributed by atoms with Crippen molar-refractivity contribution in [3.63, 3.8) is 0 Å². The second kappa shape index (κ2) is 5.38. The second-order valence-corrected chi connectivity index (χ2v) is 5.27. The van der Waals surface area contributed by atoms with E-state index in [0.29, 0.717) is 11.1 Å². The monoisotopic (exact) mass is 267 g/mol. The van der Waals surface area contributed by atoms with Gasteiger partial charge < -0.3 is 9.88 Å². The van der Waals surface area contributed by atoms with Crippen LogP contribution in [-0.2, 0) is 6.42 Å². The van der Waals surface area contributed by atoms with Crippen molar-refractivity contribution in [2.75, 3.05) is 18.0 Å². The fourth-order valence-electron chi connectivity index (χ4n) is 2.82. The molecule has 1 N–H and O–H groups in total. The highest BCUT2D eigenvalue weighted by atomic mass is 16.1. The van der Waals surface area contributed by atoms with E-state index >= 15 is 0 Å². The van der Waals surface area contributed by atoms with Gasteiger partial charge in [-0.1, -0.05) is 0 Å². The average Bonchev–Trinajstić information content (AvgIpc) is 2.48. The van der Waals surface area contributed by atoms with Crippen molar-refractivity contribution in [3.05, 3.63) is 40.2 Å². The Hall–Kier alpha value is -2.28. The van der Waals surface area contributed by atoms with Gasteiger partial charge in [-0.15, -0.1) is 0 Å². The lowest BCUT2D eigenvalue weighted by atomic mass is 10.1. The Kier molecular flexibility index (Phi) is 3.42. The number of pyridine rings is 1. The molecule has 102 valence electrons. The zero-order valence-corrected chi connectivity index (χ0v) is 11.4. The van der Waals surface area contributed by atoms with Crippen molar-refractivity contribution in [2.24, 2.45) is 0 Å². The first kappa shape index (κ1) is 12.7. The molecule has 1 aliphatic rings. The molecule has 20 heavy (non-hydrogen) atoms. The zero-order chi connectivity index (χ0) is 13.9. The summed E-state index contributed by atoms with van der Waals surface area (Å²) in [5, 5.41) is 9.42. The Balaban J connectivity index is 2.03. The summed E-state index contributed by atoms with van der Waals surface area (Å²) in [5.74, 6) is 0. The molecule has 1 aromatic heterocycles. The summed E-state index contributed by atoms with van der Waals surface area (Å²) in [6, 6.07) is 9.56. The van der Waals surface area contributed by atoms with E-state index in [9.17, 15) is 4.79 Å². The van der Waals surface area contributed by atoms with Gasteiger partial charge in [0.15, 0.2) is 5.43 Å². The van der Waals surface area contributed by atoms with Crippen molar-refractivity contribution in [1.29, 1.82) is 5.26 Å². The maximum atomic E-state index is 12.2. The van der Waals surface area contributed by atoms with Gasteiger partial charge in [-0.25, -0.2) is 0 Å². The lowest BCUT2D eigenvalue weighted by Gasteiger charge is -2.28. The number of anilines is 1. The van der Waals surface area contributed by atoms with E-state index in [1.54, 1.807) is 0 Å². The maximum Gasteiger partial charge on any atom is 0.189 e. The van der Waals surface area contributed by atoms with Crippen LogP contribution >= 0.6 is 0 Å². The van der Waals surface area contributed by atoms with Gasteiger partial charge in [0.2, 0.25) is 0 Å². The third kappa shape index (κ3) is 2.39. The largest absolute Gasteiger partial charge is 0.372 e. The number of nitriles is 1. The van der Waals surface area contributed by atoms with Crippen molar-refractivity contribution in [1.82, 2.24) is 4.98 Å². The summed E-state index contributed by atoms with van der Waals surface area (Å²) in [6.45, 7) is 2.13. The van der Waals surface area contributed by atoms with Crippen molar-refractivity contribution >= 4 is 16.6 Å². The number of H-pyrrole nitrogens is 1. The van der Waals surface area contributed by atoms with Gasteiger partial charge in [0.25, 0.3) is 0 Å². The molecule has 4 heteroatoms. The minimum absolute atomic E-state index is 0.0112. The van der Waals surface area contributed by atoms with Gasteiger partial charge in [0.05, 0.1) is 12.5 Å². The quantitative estimate of drug-likeness (QED) is 0.909.